The fourth-order valence-electron chi connectivity index (χ4n) is 1.76. The van der Waals surface area contributed by atoms with Crippen molar-refractivity contribution in [2.24, 2.45) is 5.92 Å². The first kappa shape index (κ1) is 9.93. The topological polar surface area (TPSA) is 34.1 Å². The van der Waals surface area contributed by atoms with Gasteiger partial charge in [-0.15, -0.1) is 0 Å². The molecule has 3 nitrogen and oxygen atoms in total. The van der Waals surface area contributed by atoms with E-state index in [0.717, 1.165) is 23.4 Å². The van der Waals surface area contributed by atoms with Crippen LogP contribution in [0.5, 0.6) is 5.19 Å². The van der Waals surface area contributed by atoms with E-state index in [2.05, 4.69) is 10.3 Å². The second kappa shape index (κ2) is 4.28. The molecule has 78 valence electrons. The molecule has 0 atom stereocenters. The predicted molar refractivity (Wildman–Crippen MR) is 57.9 cm³/mol. The average molecular weight is 212 g/mol. The second-order valence-corrected chi connectivity index (χ2v) is 4.71. The van der Waals surface area contributed by atoms with Gasteiger partial charge in [-0.1, -0.05) is 11.3 Å². The summed E-state index contributed by atoms with van der Waals surface area (Å²) < 4.78 is 5.73. The van der Waals surface area contributed by atoms with Crippen LogP contribution in [0.2, 0.25) is 0 Å². The standard InChI is InChI=1S/C10H16N2OS/c1-7-6-14-10(12-7)13-9-3-8(4-9)5-11-2/h6,8-9,11H,3-5H2,1-2H3. The summed E-state index contributed by atoms with van der Waals surface area (Å²) >= 11 is 1.59. The van der Waals surface area contributed by atoms with E-state index in [9.17, 15) is 0 Å². The first-order valence-corrected chi connectivity index (χ1v) is 5.89. The molecule has 0 radical (unpaired) electrons. The fourth-order valence-corrected chi connectivity index (χ4v) is 2.47. The lowest BCUT2D eigenvalue weighted by Gasteiger charge is -2.34. The van der Waals surface area contributed by atoms with Crippen molar-refractivity contribution < 1.29 is 4.74 Å². The molecule has 1 aromatic heterocycles. The summed E-state index contributed by atoms with van der Waals surface area (Å²) in [6, 6.07) is 0. The molecule has 2 rings (SSSR count). The van der Waals surface area contributed by atoms with Gasteiger partial charge in [-0.3, -0.25) is 0 Å². The second-order valence-electron chi connectivity index (χ2n) is 3.89. The van der Waals surface area contributed by atoms with E-state index in [1.807, 2.05) is 19.4 Å². The predicted octanol–water partition coefficient (Wildman–Crippen LogP) is 1.83. The zero-order valence-electron chi connectivity index (χ0n) is 8.62. The number of aromatic nitrogens is 1. The lowest BCUT2D eigenvalue weighted by molar-refractivity contribution is 0.0654. The van der Waals surface area contributed by atoms with Crippen LogP contribution in [-0.2, 0) is 0 Å². The van der Waals surface area contributed by atoms with Crippen molar-refractivity contribution in [3.63, 3.8) is 0 Å². The van der Waals surface area contributed by atoms with Gasteiger partial charge in [0.1, 0.15) is 6.10 Å². The third kappa shape index (κ3) is 2.25. The van der Waals surface area contributed by atoms with Gasteiger partial charge in [0.25, 0.3) is 5.19 Å². The van der Waals surface area contributed by atoms with E-state index in [1.54, 1.807) is 11.3 Å². The zero-order chi connectivity index (χ0) is 9.97. The zero-order valence-corrected chi connectivity index (χ0v) is 9.43. The summed E-state index contributed by atoms with van der Waals surface area (Å²) in [6.45, 7) is 3.10. The molecule has 14 heavy (non-hydrogen) atoms. The van der Waals surface area contributed by atoms with Gasteiger partial charge in [0.05, 0.1) is 5.69 Å². The first-order valence-electron chi connectivity index (χ1n) is 5.01. The highest BCUT2D eigenvalue weighted by Crippen LogP contribution is 2.31. The van der Waals surface area contributed by atoms with E-state index in [-0.39, 0.29) is 0 Å². The van der Waals surface area contributed by atoms with E-state index >= 15 is 0 Å². The summed E-state index contributed by atoms with van der Waals surface area (Å²) in [6.07, 6.45) is 2.73. The fraction of sp³-hybridized carbons (Fsp3) is 0.700. The Labute approximate surface area is 88.5 Å². The number of aryl methyl sites for hydroxylation is 1. The minimum Gasteiger partial charge on any atom is -0.467 e. The van der Waals surface area contributed by atoms with Crippen molar-refractivity contribution in [3.8, 4) is 5.19 Å². The lowest BCUT2D eigenvalue weighted by atomic mass is 9.82. The maximum atomic E-state index is 5.73. The Balaban J connectivity index is 1.74. The van der Waals surface area contributed by atoms with Crippen LogP contribution in [0.1, 0.15) is 18.5 Å². The molecule has 1 aromatic rings. The lowest BCUT2D eigenvalue weighted by Crippen LogP contribution is -2.38. The van der Waals surface area contributed by atoms with E-state index < -0.39 is 0 Å². The molecule has 1 aliphatic rings. The largest absolute Gasteiger partial charge is 0.467 e. The van der Waals surface area contributed by atoms with Crippen LogP contribution in [0, 0.1) is 12.8 Å². The molecular weight excluding hydrogens is 196 g/mol. The van der Waals surface area contributed by atoms with Crippen molar-refractivity contribution in [2.75, 3.05) is 13.6 Å². The van der Waals surface area contributed by atoms with Crippen LogP contribution in [0.25, 0.3) is 0 Å². The van der Waals surface area contributed by atoms with Crippen molar-refractivity contribution in [1.29, 1.82) is 0 Å². The van der Waals surface area contributed by atoms with Gasteiger partial charge >= 0.3 is 0 Å². The van der Waals surface area contributed by atoms with E-state index in [0.29, 0.717) is 6.10 Å². The SMILES string of the molecule is CNCC1CC(Oc2nc(C)cs2)C1. The Hall–Kier alpha value is -0.610. The van der Waals surface area contributed by atoms with Crippen LogP contribution in [0.3, 0.4) is 0 Å². The molecule has 0 saturated heterocycles. The molecule has 0 amide bonds. The molecule has 0 spiro atoms. The van der Waals surface area contributed by atoms with Crippen LogP contribution >= 0.6 is 11.3 Å². The number of rotatable bonds is 4. The quantitative estimate of drug-likeness (QED) is 0.826. The Bertz CT molecular complexity index is 294. The Morgan fingerprint density at radius 1 is 1.64 bits per heavy atom. The van der Waals surface area contributed by atoms with Crippen molar-refractivity contribution >= 4 is 11.3 Å². The molecule has 1 N–H and O–H groups in total. The Morgan fingerprint density at radius 2 is 2.43 bits per heavy atom. The molecular formula is C10H16N2OS. The van der Waals surface area contributed by atoms with Crippen molar-refractivity contribution in [1.82, 2.24) is 10.3 Å². The van der Waals surface area contributed by atoms with Gasteiger partial charge in [-0.25, -0.2) is 4.98 Å². The number of ether oxygens (including phenoxy) is 1. The molecule has 0 aromatic carbocycles. The van der Waals surface area contributed by atoms with E-state index in [4.69, 9.17) is 4.74 Å². The number of hydrogen-bond donors (Lipinski definition) is 1. The third-order valence-corrected chi connectivity index (χ3v) is 3.40. The third-order valence-electron chi connectivity index (χ3n) is 2.55. The van der Waals surface area contributed by atoms with Crippen LogP contribution in [-0.4, -0.2) is 24.7 Å². The maximum Gasteiger partial charge on any atom is 0.273 e. The van der Waals surface area contributed by atoms with Gasteiger partial charge in [0.15, 0.2) is 0 Å². The Morgan fingerprint density at radius 3 is 3.00 bits per heavy atom. The van der Waals surface area contributed by atoms with Crippen LogP contribution < -0.4 is 10.1 Å². The number of nitrogens with zero attached hydrogens (tertiary/aromatic N) is 1. The van der Waals surface area contributed by atoms with Gasteiger partial charge in [-0.2, -0.15) is 0 Å². The van der Waals surface area contributed by atoms with Gasteiger partial charge in [0, 0.05) is 5.38 Å². The number of thiazole rings is 1. The smallest absolute Gasteiger partial charge is 0.273 e. The van der Waals surface area contributed by atoms with Gasteiger partial charge in [0.2, 0.25) is 0 Å². The summed E-state index contributed by atoms with van der Waals surface area (Å²) in [4.78, 5) is 4.28. The summed E-state index contributed by atoms with van der Waals surface area (Å²) in [5, 5.41) is 6.05. The molecule has 4 heteroatoms. The highest BCUT2D eigenvalue weighted by Gasteiger charge is 2.30. The molecule has 0 aliphatic heterocycles. The average Bonchev–Trinajstić information content (AvgIpc) is 2.48. The minimum atomic E-state index is 0.402. The summed E-state index contributed by atoms with van der Waals surface area (Å²) in [5.74, 6) is 0.797. The first-order chi connectivity index (χ1) is 6.78. The van der Waals surface area contributed by atoms with Crippen molar-refractivity contribution in [2.45, 2.75) is 25.9 Å². The summed E-state index contributed by atoms with van der Waals surface area (Å²) in [5.41, 5.74) is 1.05. The summed E-state index contributed by atoms with van der Waals surface area (Å²) in [7, 11) is 2.00. The maximum absolute atomic E-state index is 5.73. The molecule has 1 fully saturated rings. The molecule has 1 saturated carbocycles. The molecule has 1 aliphatic carbocycles. The molecule has 0 bridgehead atoms. The van der Waals surface area contributed by atoms with Crippen LogP contribution in [0.4, 0.5) is 0 Å². The highest BCUT2D eigenvalue weighted by atomic mass is 32.1. The normalized spacial score (nSPS) is 25.9. The monoisotopic (exact) mass is 212 g/mol. The van der Waals surface area contributed by atoms with Gasteiger partial charge < -0.3 is 10.1 Å². The van der Waals surface area contributed by atoms with Gasteiger partial charge in [-0.05, 0) is 39.3 Å². The van der Waals surface area contributed by atoms with Crippen molar-refractivity contribution in [3.05, 3.63) is 11.1 Å². The molecule has 0 unspecified atom stereocenters. The van der Waals surface area contributed by atoms with Crippen LogP contribution in [0.15, 0.2) is 5.38 Å². The Kier molecular flexibility index (Phi) is 3.03. The number of nitrogens with one attached hydrogen (secondary N) is 1. The molecule has 1 heterocycles. The van der Waals surface area contributed by atoms with E-state index in [1.165, 1.54) is 12.8 Å². The number of hydrogen-bond acceptors (Lipinski definition) is 4. The minimum absolute atomic E-state index is 0.402. The highest BCUT2D eigenvalue weighted by molar-refractivity contribution is 7.11.